The Morgan fingerprint density at radius 2 is 2.17 bits per heavy atom. The average Bonchev–Trinajstić information content (AvgIpc) is 3.11. The van der Waals surface area contributed by atoms with E-state index in [9.17, 15) is 0 Å². The number of pyridine rings is 1. The van der Waals surface area contributed by atoms with E-state index in [-0.39, 0.29) is 0 Å². The fraction of sp³-hybridized carbons (Fsp3) is 0.643. The number of nitrogen functional groups attached to an aromatic ring is 1. The normalized spacial score (nSPS) is 26.5. The molecule has 1 aromatic heterocycles. The van der Waals surface area contributed by atoms with Gasteiger partial charge in [0, 0.05) is 6.04 Å². The second-order valence-electron chi connectivity index (χ2n) is 5.76. The summed E-state index contributed by atoms with van der Waals surface area (Å²) in [6.07, 6.45) is 5.00. The first-order valence-electron chi connectivity index (χ1n) is 6.86. The number of anilines is 2. The first kappa shape index (κ1) is 11.6. The molecule has 0 aromatic carbocycles. The highest BCUT2D eigenvalue weighted by molar-refractivity contribution is 5.54. The van der Waals surface area contributed by atoms with E-state index in [1.165, 1.54) is 25.7 Å². The summed E-state index contributed by atoms with van der Waals surface area (Å²) in [4.78, 5) is 4.46. The fourth-order valence-electron chi connectivity index (χ4n) is 2.36. The highest BCUT2D eigenvalue weighted by atomic mass is 16.5. The molecule has 18 heavy (non-hydrogen) atoms. The van der Waals surface area contributed by atoms with Gasteiger partial charge < -0.3 is 15.8 Å². The Morgan fingerprint density at radius 1 is 1.39 bits per heavy atom. The summed E-state index contributed by atoms with van der Waals surface area (Å²) >= 11 is 0. The van der Waals surface area contributed by atoms with Crippen molar-refractivity contribution in [2.45, 2.75) is 38.6 Å². The third-order valence-electron chi connectivity index (χ3n) is 3.77. The third-order valence-corrected chi connectivity index (χ3v) is 3.77. The number of hydrogen-bond donors (Lipinski definition) is 2. The molecule has 2 aliphatic rings. The Labute approximate surface area is 108 Å². The van der Waals surface area contributed by atoms with Gasteiger partial charge in [0.05, 0.1) is 12.3 Å². The summed E-state index contributed by atoms with van der Waals surface area (Å²) in [6.45, 7) is 3.03. The molecule has 0 amide bonds. The molecule has 0 radical (unpaired) electrons. The van der Waals surface area contributed by atoms with Crippen LogP contribution in [0.25, 0.3) is 0 Å². The Hall–Kier alpha value is -1.45. The van der Waals surface area contributed by atoms with E-state index >= 15 is 0 Å². The second kappa shape index (κ2) is 4.67. The predicted molar refractivity (Wildman–Crippen MR) is 72.7 cm³/mol. The third kappa shape index (κ3) is 2.68. The maximum atomic E-state index is 5.88. The minimum absolute atomic E-state index is 0.562. The number of ether oxygens (including phenoxy) is 1. The first-order valence-corrected chi connectivity index (χ1v) is 6.86. The molecule has 3 rings (SSSR count). The van der Waals surface area contributed by atoms with E-state index in [1.807, 2.05) is 12.1 Å². The first-order chi connectivity index (χ1) is 8.70. The fourth-order valence-corrected chi connectivity index (χ4v) is 2.36. The van der Waals surface area contributed by atoms with Crippen LogP contribution in [0.1, 0.15) is 32.6 Å². The zero-order valence-corrected chi connectivity index (χ0v) is 10.9. The maximum absolute atomic E-state index is 5.88. The van der Waals surface area contributed by atoms with Gasteiger partial charge in [0.15, 0.2) is 0 Å². The van der Waals surface area contributed by atoms with Gasteiger partial charge in [0.25, 0.3) is 0 Å². The molecule has 0 aliphatic heterocycles. The Balaban J connectivity index is 1.61. The number of nitrogens with two attached hydrogens (primary N) is 1. The van der Waals surface area contributed by atoms with Crippen LogP contribution >= 0.6 is 0 Å². The van der Waals surface area contributed by atoms with Gasteiger partial charge in [-0.1, -0.05) is 6.92 Å². The Bertz CT molecular complexity index is 425. The minimum Gasteiger partial charge on any atom is -0.476 e. The van der Waals surface area contributed by atoms with Gasteiger partial charge in [0.2, 0.25) is 5.88 Å². The van der Waals surface area contributed by atoms with Gasteiger partial charge >= 0.3 is 0 Å². The zero-order chi connectivity index (χ0) is 12.5. The number of nitrogens with one attached hydrogen (secondary N) is 1. The van der Waals surface area contributed by atoms with Gasteiger partial charge in [-0.2, -0.15) is 4.98 Å². The molecular formula is C14H21N3O. The number of nitrogens with zero attached hydrogens (tertiary/aromatic N) is 1. The summed E-state index contributed by atoms with van der Waals surface area (Å²) < 4.78 is 5.68. The smallest absolute Gasteiger partial charge is 0.239 e. The molecule has 2 saturated carbocycles. The molecule has 4 heteroatoms. The topological polar surface area (TPSA) is 60.2 Å². The van der Waals surface area contributed by atoms with Gasteiger partial charge in [-0.25, -0.2) is 0 Å². The van der Waals surface area contributed by atoms with Crippen LogP contribution in [0.15, 0.2) is 12.1 Å². The van der Waals surface area contributed by atoms with Crippen molar-refractivity contribution in [1.29, 1.82) is 0 Å². The maximum Gasteiger partial charge on any atom is 0.239 e. The van der Waals surface area contributed by atoms with E-state index < -0.39 is 0 Å². The van der Waals surface area contributed by atoms with Crippen LogP contribution in [0, 0.1) is 11.8 Å². The predicted octanol–water partition coefficient (Wildman–Crippen LogP) is 2.66. The number of rotatable bonds is 5. The summed E-state index contributed by atoms with van der Waals surface area (Å²) in [5, 5.41) is 3.43. The molecular weight excluding hydrogens is 226 g/mol. The minimum atomic E-state index is 0.562. The zero-order valence-electron chi connectivity index (χ0n) is 10.9. The molecule has 1 aromatic rings. The van der Waals surface area contributed by atoms with Crippen LogP contribution in [-0.2, 0) is 0 Å². The van der Waals surface area contributed by atoms with E-state index in [0.717, 1.165) is 24.3 Å². The molecule has 0 spiro atoms. The number of hydrogen-bond acceptors (Lipinski definition) is 4. The lowest BCUT2D eigenvalue weighted by Gasteiger charge is -2.33. The highest BCUT2D eigenvalue weighted by Crippen LogP contribution is 2.32. The largest absolute Gasteiger partial charge is 0.476 e. The van der Waals surface area contributed by atoms with Crippen LogP contribution in [0.4, 0.5) is 11.5 Å². The van der Waals surface area contributed by atoms with Crippen molar-refractivity contribution in [2.24, 2.45) is 11.8 Å². The van der Waals surface area contributed by atoms with Crippen molar-refractivity contribution in [2.75, 3.05) is 17.7 Å². The van der Waals surface area contributed by atoms with Crippen LogP contribution in [0.2, 0.25) is 0 Å². The molecule has 1 heterocycles. The lowest BCUT2D eigenvalue weighted by atomic mass is 9.82. The van der Waals surface area contributed by atoms with Crippen LogP contribution in [0.5, 0.6) is 5.88 Å². The monoisotopic (exact) mass is 247 g/mol. The Kier molecular flexibility index (Phi) is 3.02. The van der Waals surface area contributed by atoms with E-state index in [1.54, 1.807) is 0 Å². The van der Waals surface area contributed by atoms with Crippen molar-refractivity contribution < 1.29 is 4.74 Å². The molecule has 0 atom stereocenters. The van der Waals surface area contributed by atoms with Gasteiger partial charge in [-0.15, -0.1) is 0 Å². The molecule has 3 N–H and O–H groups in total. The van der Waals surface area contributed by atoms with Crippen molar-refractivity contribution in [3.8, 4) is 5.88 Å². The van der Waals surface area contributed by atoms with Crippen molar-refractivity contribution >= 4 is 11.5 Å². The highest BCUT2D eigenvalue weighted by Gasteiger charge is 2.26. The van der Waals surface area contributed by atoms with Crippen molar-refractivity contribution in [1.82, 2.24) is 4.98 Å². The summed E-state index contributed by atoms with van der Waals surface area (Å²) in [7, 11) is 0. The molecule has 0 saturated heterocycles. The standard InChI is InChI=1S/C14H21N3O/c1-9-6-11(7-9)16-13-5-4-12(15)14(17-13)18-8-10-2-3-10/h4-5,9-11H,2-3,6-8,15H2,1H3,(H,16,17). The molecule has 0 unspecified atom stereocenters. The Morgan fingerprint density at radius 3 is 2.83 bits per heavy atom. The van der Waals surface area contributed by atoms with Crippen molar-refractivity contribution in [3.05, 3.63) is 12.1 Å². The second-order valence-corrected chi connectivity index (χ2v) is 5.76. The van der Waals surface area contributed by atoms with Gasteiger partial charge in [-0.05, 0) is 49.7 Å². The average molecular weight is 247 g/mol. The van der Waals surface area contributed by atoms with Gasteiger partial charge in [0.1, 0.15) is 5.82 Å². The quantitative estimate of drug-likeness (QED) is 0.839. The molecule has 0 bridgehead atoms. The van der Waals surface area contributed by atoms with Crippen LogP contribution in [-0.4, -0.2) is 17.6 Å². The molecule has 98 valence electrons. The molecule has 2 aliphatic carbocycles. The number of aromatic nitrogens is 1. The summed E-state index contributed by atoms with van der Waals surface area (Å²) in [5.74, 6) is 3.02. The summed E-state index contributed by atoms with van der Waals surface area (Å²) in [6, 6.07) is 4.37. The molecule has 2 fully saturated rings. The van der Waals surface area contributed by atoms with E-state index in [0.29, 0.717) is 17.6 Å². The lowest BCUT2D eigenvalue weighted by Crippen LogP contribution is -2.34. The molecule has 4 nitrogen and oxygen atoms in total. The van der Waals surface area contributed by atoms with Gasteiger partial charge in [-0.3, -0.25) is 0 Å². The lowest BCUT2D eigenvalue weighted by molar-refractivity contribution is 0.289. The van der Waals surface area contributed by atoms with Crippen LogP contribution < -0.4 is 15.8 Å². The van der Waals surface area contributed by atoms with E-state index in [4.69, 9.17) is 10.5 Å². The summed E-state index contributed by atoms with van der Waals surface area (Å²) in [5.41, 5.74) is 6.51. The SMILES string of the molecule is CC1CC(Nc2ccc(N)c(OCC3CC3)n2)C1. The van der Waals surface area contributed by atoms with E-state index in [2.05, 4.69) is 17.2 Å². The van der Waals surface area contributed by atoms with Crippen LogP contribution in [0.3, 0.4) is 0 Å². The van der Waals surface area contributed by atoms with Crippen molar-refractivity contribution in [3.63, 3.8) is 0 Å².